The fourth-order valence-electron chi connectivity index (χ4n) is 4.57. The van der Waals surface area contributed by atoms with Gasteiger partial charge < -0.3 is 10.2 Å². The summed E-state index contributed by atoms with van der Waals surface area (Å²) in [5.74, 6) is -1.08. The quantitative estimate of drug-likeness (QED) is 0.584. The zero-order chi connectivity index (χ0) is 23.1. The van der Waals surface area contributed by atoms with Gasteiger partial charge in [-0.25, -0.2) is 4.90 Å². The number of aryl methyl sites for hydroxylation is 2. The molecular weight excluding hydrogens is 414 g/mol. The number of hydrogen-bond acceptors (Lipinski definition) is 4. The first-order valence-corrected chi connectivity index (χ1v) is 11.2. The van der Waals surface area contributed by atoms with Crippen LogP contribution in [-0.4, -0.2) is 30.8 Å². The molecule has 2 aliphatic heterocycles. The first-order valence-electron chi connectivity index (χ1n) is 11.2. The largest absolute Gasteiger partial charge is 0.370 e. The fourth-order valence-corrected chi connectivity index (χ4v) is 4.57. The number of para-hydroxylation sites is 2. The van der Waals surface area contributed by atoms with Gasteiger partial charge in [0, 0.05) is 18.7 Å². The number of amides is 3. The van der Waals surface area contributed by atoms with E-state index < -0.39 is 5.91 Å². The third-order valence-corrected chi connectivity index (χ3v) is 6.35. The summed E-state index contributed by atoms with van der Waals surface area (Å²) in [5.41, 5.74) is 5.02. The highest BCUT2D eigenvalue weighted by Crippen LogP contribution is 2.33. The molecule has 2 aliphatic rings. The van der Waals surface area contributed by atoms with Crippen molar-refractivity contribution in [1.82, 2.24) is 0 Å². The minimum Gasteiger partial charge on any atom is -0.370 e. The fraction of sp³-hybridized carbons (Fsp3) is 0.222. The number of carbonyl (C=O) groups excluding carboxylic acids is 3. The van der Waals surface area contributed by atoms with Gasteiger partial charge in [-0.1, -0.05) is 24.3 Å². The lowest BCUT2D eigenvalue weighted by molar-refractivity contribution is 0.0925. The summed E-state index contributed by atoms with van der Waals surface area (Å²) in [6.45, 7) is 5.73. The van der Waals surface area contributed by atoms with Crippen molar-refractivity contribution in [3.63, 3.8) is 0 Å². The van der Waals surface area contributed by atoms with Crippen molar-refractivity contribution in [2.75, 3.05) is 28.2 Å². The van der Waals surface area contributed by atoms with Crippen LogP contribution in [0.5, 0.6) is 0 Å². The molecule has 33 heavy (non-hydrogen) atoms. The molecule has 0 aromatic heterocycles. The molecule has 6 nitrogen and oxygen atoms in total. The Kier molecular flexibility index (Phi) is 5.21. The van der Waals surface area contributed by atoms with Gasteiger partial charge in [0.25, 0.3) is 17.7 Å². The van der Waals surface area contributed by atoms with E-state index in [1.165, 1.54) is 11.0 Å². The molecule has 1 N–H and O–H groups in total. The summed E-state index contributed by atoms with van der Waals surface area (Å²) in [6.07, 6.45) is 2.28. The molecule has 3 aromatic carbocycles. The van der Waals surface area contributed by atoms with E-state index in [9.17, 15) is 14.4 Å². The molecule has 0 spiro atoms. The second-order valence-electron chi connectivity index (χ2n) is 8.66. The molecule has 0 saturated carbocycles. The van der Waals surface area contributed by atoms with Crippen LogP contribution in [0.2, 0.25) is 0 Å². The molecule has 1 saturated heterocycles. The highest BCUT2D eigenvalue weighted by Gasteiger charge is 2.38. The number of rotatable bonds is 4. The first-order chi connectivity index (χ1) is 15.9. The summed E-state index contributed by atoms with van der Waals surface area (Å²) in [4.78, 5) is 42.8. The van der Waals surface area contributed by atoms with Crippen LogP contribution in [0.4, 0.5) is 17.1 Å². The second-order valence-corrected chi connectivity index (χ2v) is 8.66. The molecule has 0 bridgehead atoms. The Hall–Kier alpha value is -3.93. The third kappa shape index (κ3) is 3.67. The molecule has 0 atom stereocenters. The van der Waals surface area contributed by atoms with E-state index in [0.717, 1.165) is 48.4 Å². The lowest BCUT2D eigenvalue weighted by atomic mass is 10.1. The van der Waals surface area contributed by atoms with Gasteiger partial charge in [-0.05, 0) is 74.2 Å². The number of nitrogens with one attached hydrogen (secondary N) is 1. The maximum atomic E-state index is 13.2. The predicted octanol–water partition coefficient (Wildman–Crippen LogP) is 4.96. The van der Waals surface area contributed by atoms with Gasteiger partial charge in [0.1, 0.15) is 0 Å². The highest BCUT2D eigenvalue weighted by atomic mass is 16.2. The summed E-state index contributed by atoms with van der Waals surface area (Å²) in [5, 5.41) is 2.99. The molecule has 1 fully saturated rings. The van der Waals surface area contributed by atoms with Crippen molar-refractivity contribution >= 4 is 34.8 Å². The van der Waals surface area contributed by atoms with Gasteiger partial charge in [0.15, 0.2) is 0 Å². The van der Waals surface area contributed by atoms with E-state index in [1.54, 1.807) is 12.1 Å². The van der Waals surface area contributed by atoms with Gasteiger partial charge in [-0.15, -0.1) is 0 Å². The van der Waals surface area contributed by atoms with Crippen LogP contribution >= 0.6 is 0 Å². The summed E-state index contributed by atoms with van der Waals surface area (Å²) in [7, 11) is 0. The minimum atomic E-state index is -0.407. The lowest BCUT2D eigenvalue weighted by Crippen LogP contribution is -2.30. The van der Waals surface area contributed by atoms with E-state index in [4.69, 9.17) is 0 Å². The minimum absolute atomic E-state index is 0.251. The molecule has 3 amide bonds. The maximum Gasteiger partial charge on any atom is 0.266 e. The van der Waals surface area contributed by atoms with Gasteiger partial charge in [-0.2, -0.15) is 0 Å². The van der Waals surface area contributed by atoms with Crippen LogP contribution in [0.3, 0.4) is 0 Å². The smallest absolute Gasteiger partial charge is 0.266 e. The molecule has 0 aliphatic carbocycles. The second kappa shape index (κ2) is 8.20. The average Bonchev–Trinajstić information content (AvgIpc) is 3.43. The van der Waals surface area contributed by atoms with Crippen LogP contribution in [0.25, 0.3) is 0 Å². The number of imide groups is 1. The Morgan fingerprint density at radius 1 is 0.818 bits per heavy atom. The first kappa shape index (κ1) is 20.9. The Morgan fingerprint density at radius 2 is 1.55 bits per heavy atom. The van der Waals surface area contributed by atoms with Crippen LogP contribution in [0.1, 0.15) is 55.0 Å². The van der Waals surface area contributed by atoms with Crippen molar-refractivity contribution in [2.45, 2.75) is 26.7 Å². The Labute approximate surface area is 192 Å². The van der Waals surface area contributed by atoms with Crippen LogP contribution in [0, 0.1) is 13.8 Å². The van der Waals surface area contributed by atoms with Crippen molar-refractivity contribution in [2.24, 2.45) is 0 Å². The van der Waals surface area contributed by atoms with E-state index in [1.807, 2.05) is 56.3 Å². The number of anilines is 3. The molecule has 0 radical (unpaired) electrons. The summed E-state index contributed by atoms with van der Waals surface area (Å²) < 4.78 is 0. The van der Waals surface area contributed by atoms with Gasteiger partial charge in [0.05, 0.1) is 28.2 Å². The molecule has 2 heterocycles. The zero-order valence-corrected chi connectivity index (χ0v) is 18.7. The summed E-state index contributed by atoms with van der Waals surface area (Å²) >= 11 is 0. The average molecular weight is 440 g/mol. The zero-order valence-electron chi connectivity index (χ0n) is 18.7. The van der Waals surface area contributed by atoms with Crippen molar-refractivity contribution < 1.29 is 14.4 Å². The van der Waals surface area contributed by atoms with Gasteiger partial charge in [-0.3, -0.25) is 14.4 Å². The van der Waals surface area contributed by atoms with Gasteiger partial charge >= 0.3 is 0 Å². The number of nitrogens with zero attached hydrogens (tertiary/aromatic N) is 2. The Bertz CT molecular complexity index is 1290. The molecule has 0 unspecified atom stereocenters. The number of benzene rings is 3. The van der Waals surface area contributed by atoms with Crippen LogP contribution in [-0.2, 0) is 0 Å². The summed E-state index contributed by atoms with van der Waals surface area (Å²) in [6, 6.07) is 18.1. The van der Waals surface area contributed by atoms with E-state index in [2.05, 4.69) is 10.2 Å². The van der Waals surface area contributed by atoms with E-state index in [-0.39, 0.29) is 17.4 Å². The Morgan fingerprint density at radius 3 is 2.33 bits per heavy atom. The van der Waals surface area contributed by atoms with Gasteiger partial charge in [0.2, 0.25) is 0 Å². The molecular formula is C27H25N3O3. The number of hydrogen-bond donors (Lipinski definition) is 1. The molecule has 5 rings (SSSR count). The van der Waals surface area contributed by atoms with E-state index >= 15 is 0 Å². The lowest BCUT2D eigenvalue weighted by Gasteiger charge is -2.21. The van der Waals surface area contributed by atoms with Crippen molar-refractivity contribution in [3.8, 4) is 0 Å². The predicted molar refractivity (Wildman–Crippen MR) is 129 cm³/mol. The molecule has 166 valence electrons. The van der Waals surface area contributed by atoms with E-state index in [0.29, 0.717) is 16.8 Å². The normalized spacial score (nSPS) is 15.2. The molecule has 3 aromatic rings. The number of carbonyl (C=O) groups is 3. The third-order valence-electron chi connectivity index (χ3n) is 6.35. The SMILES string of the molecule is Cc1ccc(C)c(N2C(=O)c3ccc(C(=O)Nc4ccccc4N4CCCC4)cc3C2=O)c1. The monoisotopic (exact) mass is 439 g/mol. The van der Waals surface area contributed by atoms with Crippen LogP contribution < -0.4 is 15.1 Å². The standard InChI is InChI=1S/C27H25N3O3/c1-17-9-10-18(2)24(15-17)30-26(32)20-12-11-19(16-21(20)27(30)33)25(31)28-22-7-3-4-8-23(22)29-13-5-6-14-29/h3-4,7-12,15-16H,5-6,13-14H2,1-2H3,(H,28,31). The number of fused-ring (bicyclic) bond motifs is 1. The van der Waals surface area contributed by atoms with Crippen molar-refractivity contribution in [3.05, 3.63) is 88.5 Å². The van der Waals surface area contributed by atoms with Crippen molar-refractivity contribution in [1.29, 1.82) is 0 Å². The Balaban J connectivity index is 1.43. The highest BCUT2D eigenvalue weighted by molar-refractivity contribution is 6.35. The maximum absolute atomic E-state index is 13.2. The topological polar surface area (TPSA) is 69.7 Å². The van der Waals surface area contributed by atoms with Crippen LogP contribution in [0.15, 0.2) is 60.7 Å². The molecule has 6 heteroatoms.